The summed E-state index contributed by atoms with van der Waals surface area (Å²) in [5.41, 5.74) is 0. The molecule has 48 heavy (non-hydrogen) atoms. The molecular formula is C29H46N6O12S. The molecule has 0 radical (unpaired) electrons. The molecule has 0 spiro atoms. The first kappa shape index (κ1) is 41.6. The minimum Gasteiger partial charge on any atom is -0.481 e. The number of carboxylic acid groups (broad SMARTS) is 3. The number of hydrogen-bond donors (Lipinski definition) is 9. The average molecular weight is 703 g/mol. The van der Waals surface area contributed by atoms with Gasteiger partial charge >= 0.3 is 17.9 Å². The maximum atomic E-state index is 13.7. The van der Waals surface area contributed by atoms with Gasteiger partial charge in [-0.1, -0.05) is 34.1 Å². The second-order valence-electron chi connectivity index (χ2n) is 11.9. The highest BCUT2D eigenvalue weighted by molar-refractivity contribution is 7.80. The summed E-state index contributed by atoms with van der Waals surface area (Å²) in [4.78, 5) is 113. The number of aliphatic carboxylic acids is 3. The number of carbonyl (C=O) groups is 9. The Morgan fingerprint density at radius 2 is 1.27 bits per heavy atom. The van der Waals surface area contributed by atoms with E-state index in [2.05, 4.69) is 39.2 Å². The number of nitrogens with one attached hydrogen (secondary N) is 5. The van der Waals surface area contributed by atoms with Crippen LogP contribution in [-0.2, 0) is 43.2 Å². The molecule has 0 aromatic heterocycles. The summed E-state index contributed by atoms with van der Waals surface area (Å²) in [7, 11) is 0. The molecule has 1 fully saturated rings. The molecule has 7 atom stereocenters. The quantitative estimate of drug-likeness (QED) is 0.0667. The van der Waals surface area contributed by atoms with Crippen LogP contribution in [0.4, 0.5) is 0 Å². The number of carbonyl (C=O) groups excluding carboxylic acids is 6. The fraction of sp³-hybridized carbons (Fsp3) is 0.690. The Labute approximate surface area is 282 Å². The highest BCUT2D eigenvalue weighted by atomic mass is 32.1. The lowest BCUT2D eigenvalue weighted by Gasteiger charge is -2.33. The van der Waals surface area contributed by atoms with Crippen LogP contribution in [-0.4, -0.2) is 122 Å². The third-order valence-electron chi connectivity index (χ3n) is 7.74. The Bertz CT molecular complexity index is 1230. The van der Waals surface area contributed by atoms with Crippen LogP contribution < -0.4 is 26.6 Å². The van der Waals surface area contributed by atoms with Gasteiger partial charge in [-0.2, -0.15) is 12.6 Å². The van der Waals surface area contributed by atoms with Gasteiger partial charge < -0.3 is 46.8 Å². The third kappa shape index (κ3) is 12.6. The van der Waals surface area contributed by atoms with E-state index in [0.29, 0.717) is 12.8 Å². The van der Waals surface area contributed by atoms with Gasteiger partial charge in [0.15, 0.2) is 0 Å². The molecule has 1 heterocycles. The Hall–Kier alpha value is -4.42. The molecule has 270 valence electrons. The molecule has 19 heteroatoms. The van der Waals surface area contributed by atoms with Gasteiger partial charge in [0.1, 0.15) is 36.3 Å². The van der Waals surface area contributed by atoms with Crippen molar-refractivity contribution in [1.82, 2.24) is 31.5 Å². The first-order valence-electron chi connectivity index (χ1n) is 15.4. The van der Waals surface area contributed by atoms with Crippen molar-refractivity contribution in [3.8, 4) is 0 Å². The highest BCUT2D eigenvalue weighted by Gasteiger charge is 2.41. The molecule has 6 unspecified atom stereocenters. The highest BCUT2D eigenvalue weighted by Crippen LogP contribution is 2.21. The summed E-state index contributed by atoms with van der Waals surface area (Å²) >= 11 is 3.94. The lowest BCUT2D eigenvalue weighted by atomic mass is 9.95. The summed E-state index contributed by atoms with van der Waals surface area (Å²) in [6.07, 6.45) is -0.772. The van der Waals surface area contributed by atoms with Crippen molar-refractivity contribution in [3.63, 3.8) is 0 Å². The smallest absolute Gasteiger partial charge is 0.327 e. The van der Waals surface area contributed by atoms with Gasteiger partial charge in [-0.15, -0.1) is 0 Å². The van der Waals surface area contributed by atoms with Gasteiger partial charge in [0, 0.05) is 19.2 Å². The predicted octanol–water partition coefficient (Wildman–Crippen LogP) is -1.91. The van der Waals surface area contributed by atoms with Gasteiger partial charge in [-0.25, -0.2) is 4.79 Å². The van der Waals surface area contributed by atoms with Crippen LogP contribution >= 0.6 is 12.6 Å². The predicted molar refractivity (Wildman–Crippen MR) is 170 cm³/mol. The number of rotatable bonds is 19. The first-order valence-corrected chi connectivity index (χ1v) is 16.0. The zero-order valence-corrected chi connectivity index (χ0v) is 28.4. The molecule has 6 amide bonds. The topological polar surface area (TPSA) is 278 Å². The van der Waals surface area contributed by atoms with Crippen LogP contribution in [0.3, 0.4) is 0 Å². The van der Waals surface area contributed by atoms with Crippen molar-refractivity contribution >= 4 is 66.0 Å². The van der Waals surface area contributed by atoms with Crippen LogP contribution in [0.5, 0.6) is 0 Å². The zero-order valence-electron chi connectivity index (χ0n) is 27.5. The minimum atomic E-state index is -1.78. The third-order valence-corrected chi connectivity index (χ3v) is 8.11. The molecule has 8 N–H and O–H groups in total. The van der Waals surface area contributed by atoms with Gasteiger partial charge in [-0.3, -0.25) is 38.4 Å². The van der Waals surface area contributed by atoms with E-state index in [1.165, 1.54) is 4.90 Å². The van der Waals surface area contributed by atoms with Crippen LogP contribution in [0.25, 0.3) is 0 Å². The SMILES string of the molecule is CCC(C)C(NC(=O)C(CC(=O)O)NC(=O)C(CC(=O)O)NC(C)=O)C(=O)NC(C(=O)N1CCCC1C(=O)N[C@H](CS)C(=O)O)C(C)C. The van der Waals surface area contributed by atoms with Gasteiger partial charge in [-0.05, 0) is 24.7 Å². The standard InChI is InChI=1S/C29H46N6O12S/c1-6-14(4)23(34-25(42)17(11-21(39)40)31-24(41)16(10-20(37)38)30-15(5)36)27(44)33-22(13(2)3)28(45)35-9-7-8-19(35)26(43)32-18(12-48)29(46)47/h13-14,16-19,22-23,48H,6-12H2,1-5H3,(H,30,36)(H,31,41)(H,32,43)(H,33,44)(H,34,42)(H,37,38)(H,39,40)(H,46,47)/t14?,16?,17?,18-,19?,22?,23?/m1/s1. The van der Waals surface area contributed by atoms with Gasteiger partial charge in [0.25, 0.3) is 0 Å². The van der Waals surface area contributed by atoms with E-state index in [1.54, 1.807) is 27.7 Å². The van der Waals surface area contributed by atoms with Crippen molar-refractivity contribution in [2.24, 2.45) is 11.8 Å². The molecule has 1 saturated heterocycles. The number of likely N-dealkylation sites (tertiary alicyclic amines) is 1. The molecule has 0 bridgehead atoms. The molecule has 0 aromatic carbocycles. The Morgan fingerprint density at radius 1 is 0.750 bits per heavy atom. The van der Waals surface area contributed by atoms with Crippen molar-refractivity contribution < 1.29 is 58.5 Å². The Morgan fingerprint density at radius 3 is 1.73 bits per heavy atom. The van der Waals surface area contributed by atoms with E-state index in [-0.39, 0.29) is 18.7 Å². The van der Waals surface area contributed by atoms with E-state index in [4.69, 9.17) is 5.11 Å². The number of hydrogen-bond acceptors (Lipinski definition) is 10. The molecular weight excluding hydrogens is 656 g/mol. The minimum absolute atomic E-state index is 0.165. The molecule has 0 aliphatic carbocycles. The van der Waals surface area contributed by atoms with E-state index >= 15 is 0 Å². The summed E-state index contributed by atoms with van der Waals surface area (Å²) in [6, 6.07) is -8.19. The molecule has 0 saturated carbocycles. The van der Waals surface area contributed by atoms with E-state index < -0.39 is 114 Å². The van der Waals surface area contributed by atoms with E-state index in [0.717, 1.165) is 6.92 Å². The lowest BCUT2D eigenvalue weighted by molar-refractivity contribution is -0.145. The Kier molecular flexibility index (Phi) is 16.8. The fourth-order valence-corrected chi connectivity index (χ4v) is 5.18. The van der Waals surface area contributed by atoms with Crippen LogP contribution in [0.2, 0.25) is 0 Å². The van der Waals surface area contributed by atoms with Crippen molar-refractivity contribution in [2.75, 3.05) is 12.3 Å². The summed E-state index contributed by atoms with van der Waals surface area (Å²) in [5.74, 6) is -10.6. The first-order chi connectivity index (χ1) is 22.3. The molecule has 1 rings (SSSR count). The lowest BCUT2D eigenvalue weighted by Crippen LogP contribution is -2.61. The van der Waals surface area contributed by atoms with Crippen LogP contribution in [0.1, 0.15) is 66.7 Å². The average Bonchev–Trinajstić information content (AvgIpc) is 3.48. The number of carboxylic acids is 3. The maximum absolute atomic E-state index is 13.7. The molecule has 1 aliphatic heterocycles. The maximum Gasteiger partial charge on any atom is 0.327 e. The zero-order chi connectivity index (χ0) is 36.9. The van der Waals surface area contributed by atoms with Gasteiger partial charge in [0.05, 0.1) is 12.8 Å². The summed E-state index contributed by atoms with van der Waals surface area (Å²) < 4.78 is 0. The van der Waals surface area contributed by atoms with Crippen molar-refractivity contribution in [1.29, 1.82) is 0 Å². The van der Waals surface area contributed by atoms with Crippen LogP contribution in [0.15, 0.2) is 0 Å². The second-order valence-corrected chi connectivity index (χ2v) is 12.2. The largest absolute Gasteiger partial charge is 0.481 e. The van der Waals surface area contributed by atoms with Gasteiger partial charge in [0.2, 0.25) is 35.4 Å². The summed E-state index contributed by atoms with van der Waals surface area (Å²) in [6.45, 7) is 7.82. The van der Waals surface area contributed by atoms with E-state index in [1.807, 2.05) is 0 Å². The number of nitrogens with zero attached hydrogens (tertiary/aromatic N) is 1. The molecule has 18 nitrogen and oxygen atoms in total. The van der Waals surface area contributed by atoms with Crippen LogP contribution in [0, 0.1) is 11.8 Å². The summed E-state index contributed by atoms with van der Waals surface area (Å²) in [5, 5.41) is 39.5. The fourth-order valence-electron chi connectivity index (χ4n) is 4.93. The van der Waals surface area contributed by atoms with Crippen molar-refractivity contribution in [3.05, 3.63) is 0 Å². The number of thiol groups is 1. The Balaban J connectivity index is 3.23. The molecule has 1 aliphatic rings. The monoisotopic (exact) mass is 702 g/mol. The number of amides is 6. The second kappa shape index (κ2) is 19.4. The molecule has 0 aromatic rings. The van der Waals surface area contributed by atoms with Crippen molar-refractivity contribution in [2.45, 2.75) is 103 Å². The van der Waals surface area contributed by atoms with E-state index in [9.17, 15) is 53.4 Å². The normalized spacial score (nSPS) is 17.9.